The molecule has 7 nitrogen and oxygen atoms in total. The molecule has 0 aliphatic heterocycles. The topological polar surface area (TPSA) is 121 Å². The van der Waals surface area contributed by atoms with Crippen LogP contribution in [0, 0.1) is 0 Å². The minimum absolute atomic E-state index is 0.205. The summed E-state index contributed by atoms with van der Waals surface area (Å²) in [6.45, 7) is 0.267. The standard InChI is InChI=1S/C11H12N4O3/c12-4-3-9(16)13-6-1-2-7-8(5-6)15-11(18)10(17)14-7/h1-2,5H,3-4,12H2,(H,13,16)(H,14,17)(H,15,18). The highest BCUT2D eigenvalue weighted by molar-refractivity contribution is 5.92. The average molecular weight is 248 g/mol. The highest BCUT2D eigenvalue weighted by Gasteiger charge is 2.03. The van der Waals surface area contributed by atoms with E-state index in [0.717, 1.165) is 0 Å². The molecule has 1 aromatic heterocycles. The molecule has 1 heterocycles. The molecule has 0 saturated heterocycles. The van der Waals surface area contributed by atoms with Gasteiger partial charge in [0.15, 0.2) is 0 Å². The van der Waals surface area contributed by atoms with Gasteiger partial charge in [0, 0.05) is 18.7 Å². The van der Waals surface area contributed by atoms with Crippen LogP contribution in [0.25, 0.3) is 11.0 Å². The Labute approximate surface area is 101 Å². The summed E-state index contributed by atoms with van der Waals surface area (Å²) in [6, 6.07) is 4.80. The quantitative estimate of drug-likeness (QED) is 0.547. The molecule has 2 aromatic rings. The summed E-state index contributed by atoms with van der Waals surface area (Å²) in [5, 5.41) is 2.64. The van der Waals surface area contributed by atoms with Crippen molar-refractivity contribution in [3.05, 3.63) is 38.9 Å². The van der Waals surface area contributed by atoms with Crippen LogP contribution in [0.2, 0.25) is 0 Å². The van der Waals surface area contributed by atoms with Gasteiger partial charge in [0.1, 0.15) is 0 Å². The second-order valence-corrected chi connectivity index (χ2v) is 3.76. The maximum atomic E-state index is 11.3. The van der Waals surface area contributed by atoms with Crippen LogP contribution in [0.15, 0.2) is 27.8 Å². The van der Waals surface area contributed by atoms with Crippen molar-refractivity contribution in [3.8, 4) is 0 Å². The van der Waals surface area contributed by atoms with Gasteiger partial charge in [0.2, 0.25) is 5.91 Å². The number of carbonyl (C=O) groups excluding carboxylic acids is 1. The Hall–Kier alpha value is -2.41. The minimum Gasteiger partial charge on any atom is -0.330 e. The summed E-state index contributed by atoms with van der Waals surface area (Å²) in [5.74, 6) is -0.205. The van der Waals surface area contributed by atoms with Crippen molar-refractivity contribution in [2.75, 3.05) is 11.9 Å². The molecule has 0 atom stereocenters. The summed E-state index contributed by atoms with van der Waals surface area (Å²) in [7, 11) is 0. The number of nitrogens with two attached hydrogens (primary N) is 1. The highest BCUT2D eigenvalue weighted by Crippen LogP contribution is 2.13. The van der Waals surface area contributed by atoms with Crippen LogP contribution in [0.5, 0.6) is 0 Å². The third-order valence-corrected chi connectivity index (χ3v) is 2.38. The Morgan fingerprint density at radius 1 is 1.17 bits per heavy atom. The van der Waals surface area contributed by atoms with Crippen molar-refractivity contribution in [2.24, 2.45) is 5.73 Å². The van der Waals surface area contributed by atoms with Gasteiger partial charge in [-0.3, -0.25) is 14.4 Å². The van der Waals surface area contributed by atoms with Crippen molar-refractivity contribution in [1.82, 2.24) is 9.97 Å². The van der Waals surface area contributed by atoms with Crippen molar-refractivity contribution in [2.45, 2.75) is 6.42 Å². The SMILES string of the molecule is NCCC(=O)Nc1ccc2[nH]c(=O)c(=O)[nH]c2c1. The van der Waals surface area contributed by atoms with Gasteiger partial charge < -0.3 is 21.0 Å². The molecule has 1 aromatic carbocycles. The van der Waals surface area contributed by atoms with E-state index >= 15 is 0 Å². The minimum atomic E-state index is -0.729. The van der Waals surface area contributed by atoms with Crippen LogP contribution in [-0.2, 0) is 4.79 Å². The van der Waals surface area contributed by atoms with Gasteiger partial charge in [-0.05, 0) is 18.2 Å². The molecule has 0 fully saturated rings. The Kier molecular flexibility index (Phi) is 3.24. The van der Waals surface area contributed by atoms with Crippen molar-refractivity contribution in [3.63, 3.8) is 0 Å². The molecule has 0 bridgehead atoms. The Morgan fingerprint density at radius 2 is 1.83 bits per heavy atom. The summed E-state index contributed by atoms with van der Waals surface area (Å²) in [4.78, 5) is 38.5. The molecule has 0 saturated carbocycles. The second kappa shape index (κ2) is 4.84. The molecule has 0 spiro atoms. The third-order valence-electron chi connectivity index (χ3n) is 2.38. The van der Waals surface area contributed by atoms with Gasteiger partial charge in [0.25, 0.3) is 0 Å². The molecule has 1 amide bonds. The molecule has 0 aliphatic carbocycles. The van der Waals surface area contributed by atoms with Crippen LogP contribution in [0.4, 0.5) is 5.69 Å². The maximum Gasteiger partial charge on any atom is 0.314 e. The number of hydrogen-bond acceptors (Lipinski definition) is 4. The van der Waals surface area contributed by atoms with Crippen LogP contribution in [0.1, 0.15) is 6.42 Å². The first-order valence-corrected chi connectivity index (χ1v) is 5.36. The number of hydrogen-bond donors (Lipinski definition) is 4. The first kappa shape index (κ1) is 12.1. The number of fused-ring (bicyclic) bond motifs is 1. The van der Waals surface area contributed by atoms with E-state index in [9.17, 15) is 14.4 Å². The Balaban J connectivity index is 2.38. The van der Waals surface area contributed by atoms with Gasteiger partial charge >= 0.3 is 11.1 Å². The van der Waals surface area contributed by atoms with Gasteiger partial charge in [-0.25, -0.2) is 0 Å². The number of nitrogens with one attached hydrogen (secondary N) is 3. The molecule has 94 valence electrons. The molecule has 0 aliphatic rings. The average Bonchev–Trinajstić information content (AvgIpc) is 2.31. The second-order valence-electron chi connectivity index (χ2n) is 3.76. The lowest BCUT2D eigenvalue weighted by atomic mass is 10.2. The van der Waals surface area contributed by atoms with E-state index in [1.54, 1.807) is 18.2 Å². The zero-order chi connectivity index (χ0) is 13.1. The zero-order valence-corrected chi connectivity index (χ0v) is 9.45. The molecule has 7 heteroatoms. The summed E-state index contributed by atoms with van der Waals surface area (Å²) in [5.41, 5.74) is 5.30. The maximum absolute atomic E-state index is 11.3. The molecular formula is C11H12N4O3. The van der Waals surface area contributed by atoms with E-state index in [0.29, 0.717) is 16.7 Å². The van der Waals surface area contributed by atoms with Crippen LogP contribution in [0.3, 0.4) is 0 Å². The van der Waals surface area contributed by atoms with Crippen molar-refractivity contribution >= 4 is 22.6 Å². The predicted molar refractivity (Wildman–Crippen MR) is 67.5 cm³/mol. The lowest BCUT2D eigenvalue weighted by molar-refractivity contribution is -0.116. The normalized spacial score (nSPS) is 10.5. The van der Waals surface area contributed by atoms with E-state index in [1.807, 2.05) is 0 Å². The number of rotatable bonds is 3. The number of amides is 1. The number of anilines is 1. The van der Waals surface area contributed by atoms with Gasteiger partial charge in [-0.2, -0.15) is 0 Å². The molecule has 2 rings (SSSR count). The van der Waals surface area contributed by atoms with Gasteiger partial charge in [-0.15, -0.1) is 0 Å². The fourth-order valence-electron chi connectivity index (χ4n) is 1.55. The van der Waals surface area contributed by atoms with E-state index in [4.69, 9.17) is 5.73 Å². The first-order chi connectivity index (χ1) is 8.60. The van der Waals surface area contributed by atoms with E-state index < -0.39 is 11.1 Å². The van der Waals surface area contributed by atoms with Gasteiger partial charge in [0.05, 0.1) is 11.0 Å². The van der Waals surface area contributed by atoms with Crippen LogP contribution < -0.4 is 22.2 Å². The third kappa shape index (κ3) is 2.46. The number of carbonyl (C=O) groups is 1. The molecule has 5 N–H and O–H groups in total. The number of benzene rings is 1. The first-order valence-electron chi connectivity index (χ1n) is 5.36. The fraction of sp³-hybridized carbons (Fsp3) is 0.182. The lowest BCUT2D eigenvalue weighted by Gasteiger charge is -2.05. The smallest absolute Gasteiger partial charge is 0.314 e. The molecular weight excluding hydrogens is 236 g/mol. The summed E-state index contributed by atoms with van der Waals surface area (Å²) in [6.07, 6.45) is 0.222. The Bertz CT molecular complexity index is 701. The van der Waals surface area contributed by atoms with E-state index in [1.165, 1.54) is 0 Å². The van der Waals surface area contributed by atoms with E-state index in [-0.39, 0.29) is 18.9 Å². The lowest BCUT2D eigenvalue weighted by Crippen LogP contribution is -2.28. The Morgan fingerprint density at radius 3 is 2.50 bits per heavy atom. The molecule has 0 unspecified atom stereocenters. The monoisotopic (exact) mass is 248 g/mol. The number of H-pyrrole nitrogens is 2. The highest BCUT2D eigenvalue weighted by atomic mass is 16.2. The zero-order valence-electron chi connectivity index (χ0n) is 9.45. The number of aromatic nitrogens is 2. The van der Waals surface area contributed by atoms with Crippen LogP contribution in [-0.4, -0.2) is 22.4 Å². The predicted octanol–water partition coefficient (Wildman–Crippen LogP) is -0.496. The van der Waals surface area contributed by atoms with Crippen molar-refractivity contribution < 1.29 is 4.79 Å². The summed E-state index contributed by atoms with van der Waals surface area (Å²) >= 11 is 0. The van der Waals surface area contributed by atoms with Crippen LogP contribution >= 0.6 is 0 Å². The van der Waals surface area contributed by atoms with Gasteiger partial charge in [-0.1, -0.05) is 0 Å². The molecule has 18 heavy (non-hydrogen) atoms. The summed E-state index contributed by atoms with van der Waals surface area (Å²) < 4.78 is 0. The number of aromatic amines is 2. The molecule has 0 radical (unpaired) electrons. The largest absolute Gasteiger partial charge is 0.330 e. The fourth-order valence-corrected chi connectivity index (χ4v) is 1.55. The van der Waals surface area contributed by atoms with E-state index in [2.05, 4.69) is 15.3 Å². The van der Waals surface area contributed by atoms with Crippen molar-refractivity contribution in [1.29, 1.82) is 0 Å².